The first kappa shape index (κ1) is 11.5. The molecule has 0 saturated heterocycles. The molecule has 0 radical (unpaired) electrons. The van der Waals surface area contributed by atoms with Gasteiger partial charge in [0, 0.05) is 11.3 Å². The number of nitrogens with two attached hydrogens (primary N) is 1. The van der Waals surface area contributed by atoms with Crippen molar-refractivity contribution in [3.63, 3.8) is 0 Å². The van der Waals surface area contributed by atoms with Gasteiger partial charge >= 0.3 is 0 Å². The highest BCUT2D eigenvalue weighted by molar-refractivity contribution is 5.72. The molecule has 3 aromatic rings. The molecular weight excluding hydrogens is 236 g/mol. The predicted molar refractivity (Wildman–Crippen MR) is 76.5 cm³/mol. The van der Waals surface area contributed by atoms with Crippen molar-refractivity contribution < 1.29 is 4.42 Å². The molecule has 2 aromatic carbocycles. The van der Waals surface area contributed by atoms with Gasteiger partial charge in [-0.15, -0.1) is 0 Å². The largest absolute Gasteiger partial charge is 0.436 e. The summed E-state index contributed by atoms with van der Waals surface area (Å²) >= 11 is 0. The Labute approximate surface area is 111 Å². The highest BCUT2D eigenvalue weighted by Crippen LogP contribution is 2.29. The van der Waals surface area contributed by atoms with Crippen LogP contribution in [0.25, 0.3) is 22.8 Å². The van der Waals surface area contributed by atoms with E-state index < -0.39 is 0 Å². The third-order valence-electron chi connectivity index (χ3n) is 3.00. The van der Waals surface area contributed by atoms with Crippen molar-refractivity contribution >= 4 is 5.69 Å². The second-order valence-electron chi connectivity index (χ2n) is 4.49. The maximum Gasteiger partial charge on any atom is 0.228 e. The summed E-state index contributed by atoms with van der Waals surface area (Å²) < 4.78 is 5.80. The Bertz CT molecular complexity index is 702. The number of anilines is 1. The topological polar surface area (TPSA) is 52.0 Å². The smallest absolute Gasteiger partial charge is 0.228 e. The van der Waals surface area contributed by atoms with Crippen LogP contribution in [0.1, 0.15) is 5.56 Å². The van der Waals surface area contributed by atoms with E-state index in [1.165, 1.54) is 0 Å². The molecule has 0 aliphatic heterocycles. The Hall–Kier alpha value is -2.55. The number of nitrogen functional groups attached to an aromatic ring is 1. The summed E-state index contributed by atoms with van der Waals surface area (Å²) in [6.45, 7) is 2.02. The Morgan fingerprint density at radius 3 is 2.63 bits per heavy atom. The van der Waals surface area contributed by atoms with Crippen LogP contribution >= 0.6 is 0 Å². The normalized spacial score (nSPS) is 10.6. The van der Waals surface area contributed by atoms with Crippen LogP contribution in [0.4, 0.5) is 5.69 Å². The van der Waals surface area contributed by atoms with E-state index in [-0.39, 0.29) is 0 Å². The number of oxazole rings is 1. The highest BCUT2D eigenvalue weighted by atomic mass is 16.4. The Morgan fingerprint density at radius 1 is 1.05 bits per heavy atom. The van der Waals surface area contributed by atoms with Crippen molar-refractivity contribution in [3.8, 4) is 22.8 Å². The number of hydrogen-bond acceptors (Lipinski definition) is 3. The summed E-state index contributed by atoms with van der Waals surface area (Å²) in [5.41, 5.74) is 9.61. The molecule has 0 aliphatic rings. The van der Waals surface area contributed by atoms with E-state index in [1.54, 1.807) is 6.20 Å². The molecule has 3 heteroatoms. The van der Waals surface area contributed by atoms with Gasteiger partial charge in [-0.2, -0.15) is 0 Å². The van der Waals surface area contributed by atoms with E-state index in [0.717, 1.165) is 22.5 Å². The minimum atomic E-state index is 0.556. The first-order valence-electron chi connectivity index (χ1n) is 6.12. The fourth-order valence-corrected chi connectivity index (χ4v) is 1.99. The maximum absolute atomic E-state index is 5.97. The molecule has 2 N–H and O–H groups in total. The van der Waals surface area contributed by atoms with Crippen LogP contribution in [0.2, 0.25) is 0 Å². The molecule has 1 aromatic heterocycles. The van der Waals surface area contributed by atoms with Crippen LogP contribution in [0.5, 0.6) is 0 Å². The van der Waals surface area contributed by atoms with Gasteiger partial charge in [-0.05, 0) is 19.1 Å². The Kier molecular flexibility index (Phi) is 2.80. The summed E-state index contributed by atoms with van der Waals surface area (Å²) in [4.78, 5) is 4.32. The standard InChI is InChI=1S/C16H14N2O/c1-11-7-8-14(17)13(9-11)16-18-10-15(19-16)12-5-3-2-4-6-12/h2-10H,17H2,1H3. The van der Waals surface area contributed by atoms with Crippen molar-refractivity contribution in [3.05, 3.63) is 60.3 Å². The Morgan fingerprint density at radius 2 is 1.84 bits per heavy atom. The summed E-state index contributed by atoms with van der Waals surface area (Å²) in [6.07, 6.45) is 1.73. The summed E-state index contributed by atoms with van der Waals surface area (Å²) in [5, 5.41) is 0. The molecule has 19 heavy (non-hydrogen) atoms. The van der Waals surface area contributed by atoms with Gasteiger partial charge in [0.05, 0.1) is 11.8 Å². The molecule has 3 nitrogen and oxygen atoms in total. The molecule has 0 saturated carbocycles. The average molecular weight is 250 g/mol. The van der Waals surface area contributed by atoms with Gasteiger partial charge in [0.2, 0.25) is 5.89 Å². The van der Waals surface area contributed by atoms with Crippen molar-refractivity contribution in [1.82, 2.24) is 4.98 Å². The van der Waals surface area contributed by atoms with E-state index in [1.807, 2.05) is 55.5 Å². The van der Waals surface area contributed by atoms with E-state index in [2.05, 4.69) is 4.98 Å². The van der Waals surface area contributed by atoms with Crippen molar-refractivity contribution in [2.24, 2.45) is 0 Å². The number of hydrogen-bond donors (Lipinski definition) is 1. The van der Waals surface area contributed by atoms with Crippen LogP contribution in [0.3, 0.4) is 0 Å². The van der Waals surface area contributed by atoms with E-state index in [0.29, 0.717) is 11.6 Å². The second kappa shape index (κ2) is 4.61. The van der Waals surface area contributed by atoms with Crippen LogP contribution in [-0.2, 0) is 0 Å². The molecule has 0 atom stereocenters. The number of aryl methyl sites for hydroxylation is 1. The monoisotopic (exact) mass is 250 g/mol. The minimum absolute atomic E-state index is 0.556. The molecule has 94 valence electrons. The third kappa shape index (κ3) is 2.22. The minimum Gasteiger partial charge on any atom is -0.436 e. The first-order chi connectivity index (χ1) is 9.24. The van der Waals surface area contributed by atoms with Gasteiger partial charge in [0.15, 0.2) is 5.76 Å². The zero-order valence-corrected chi connectivity index (χ0v) is 10.6. The van der Waals surface area contributed by atoms with Crippen molar-refractivity contribution in [2.45, 2.75) is 6.92 Å². The summed E-state index contributed by atoms with van der Waals surface area (Å²) in [7, 11) is 0. The lowest BCUT2D eigenvalue weighted by molar-refractivity contribution is 0.589. The average Bonchev–Trinajstić information content (AvgIpc) is 2.92. The van der Waals surface area contributed by atoms with Crippen LogP contribution in [0, 0.1) is 6.92 Å². The van der Waals surface area contributed by atoms with Gasteiger partial charge in [-0.3, -0.25) is 0 Å². The fourth-order valence-electron chi connectivity index (χ4n) is 1.99. The molecule has 0 aliphatic carbocycles. The van der Waals surface area contributed by atoms with Crippen LogP contribution in [-0.4, -0.2) is 4.98 Å². The maximum atomic E-state index is 5.97. The van der Waals surface area contributed by atoms with E-state index >= 15 is 0 Å². The van der Waals surface area contributed by atoms with Crippen LogP contribution < -0.4 is 5.73 Å². The molecule has 0 unspecified atom stereocenters. The summed E-state index contributed by atoms with van der Waals surface area (Å²) in [5.74, 6) is 1.30. The number of nitrogens with zero attached hydrogens (tertiary/aromatic N) is 1. The zero-order chi connectivity index (χ0) is 13.2. The van der Waals surface area contributed by atoms with Crippen molar-refractivity contribution in [1.29, 1.82) is 0 Å². The SMILES string of the molecule is Cc1ccc(N)c(-c2ncc(-c3ccccc3)o2)c1. The number of aromatic nitrogens is 1. The van der Waals surface area contributed by atoms with E-state index in [9.17, 15) is 0 Å². The first-order valence-corrected chi connectivity index (χ1v) is 6.12. The molecule has 0 fully saturated rings. The highest BCUT2D eigenvalue weighted by Gasteiger charge is 2.11. The molecule has 0 amide bonds. The number of rotatable bonds is 2. The van der Waals surface area contributed by atoms with Gasteiger partial charge in [-0.25, -0.2) is 4.98 Å². The molecular formula is C16H14N2O. The predicted octanol–water partition coefficient (Wildman–Crippen LogP) is 3.90. The third-order valence-corrected chi connectivity index (χ3v) is 3.00. The van der Waals surface area contributed by atoms with Gasteiger partial charge in [-0.1, -0.05) is 42.0 Å². The lowest BCUT2D eigenvalue weighted by Crippen LogP contribution is -1.90. The molecule has 0 spiro atoms. The molecule has 1 heterocycles. The van der Waals surface area contributed by atoms with Gasteiger partial charge in [0.1, 0.15) is 0 Å². The second-order valence-corrected chi connectivity index (χ2v) is 4.49. The van der Waals surface area contributed by atoms with Gasteiger partial charge in [0.25, 0.3) is 0 Å². The Balaban J connectivity index is 2.04. The lowest BCUT2D eigenvalue weighted by atomic mass is 10.1. The fraction of sp³-hybridized carbons (Fsp3) is 0.0625. The lowest BCUT2D eigenvalue weighted by Gasteiger charge is -2.02. The zero-order valence-electron chi connectivity index (χ0n) is 10.6. The van der Waals surface area contributed by atoms with E-state index in [4.69, 9.17) is 10.2 Å². The van der Waals surface area contributed by atoms with Crippen molar-refractivity contribution in [2.75, 3.05) is 5.73 Å². The molecule has 0 bridgehead atoms. The summed E-state index contributed by atoms with van der Waals surface area (Å²) in [6, 6.07) is 15.7. The molecule has 3 rings (SSSR count). The van der Waals surface area contributed by atoms with Crippen LogP contribution in [0.15, 0.2) is 59.1 Å². The number of benzene rings is 2. The van der Waals surface area contributed by atoms with Gasteiger partial charge < -0.3 is 10.2 Å². The quantitative estimate of drug-likeness (QED) is 0.702.